The predicted octanol–water partition coefficient (Wildman–Crippen LogP) is 6.27. The highest BCUT2D eigenvalue weighted by atomic mass is 35.5. The highest BCUT2D eigenvalue weighted by molar-refractivity contribution is 6.36. The van der Waals surface area contributed by atoms with Crippen molar-refractivity contribution in [2.24, 2.45) is 0 Å². The Morgan fingerprint density at radius 2 is 1.70 bits per heavy atom. The summed E-state index contributed by atoms with van der Waals surface area (Å²) in [6.45, 7) is 2.31. The van der Waals surface area contributed by atoms with E-state index in [9.17, 15) is 0 Å². The van der Waals surface area contributed by atoms with Gasteiger partial charge >= 0.3 is 0 Å². The number of halogens is 4. The van der Waals surface area contributed by atoms with Crippen LogP contribution in [0.3, 0.4) is 0 Å². The first-order chi connectivity index (χ1) is 9.51. The van der Waals surface area contributed by atoms with Crippen molar-refractivity contribution >= 4 is 46.4 Å². The van der Waals surface area contributed by atoms with Crippen LogP contribution in [0.2, 0.25) is 15.1 Å². The number of alkyl halides is 1. The first-order valence-corrected chi connectivity index (χ1v) is 7.60. The third-order valence-electron chi connectivity index (χ3n) is 2.81. The van der Waals surface area contributed by atoms with E-state index in [-0.39, 0.29) is 5.88 Å². The Morgan fingerprint density at radius 1 is 0.950 bits per heavy atom. The first kappa shape index (κ1) is 15.8. The zero-order valence-corrected chi connectivity index (χ0v) is 13.7. The minimum atomic E-state index is 0.275. The average Bonchev–Trinajstić information content (AvgIpc) is 2.38. The van der Waals surface area contributed by atoms with Gasteiger partial charge in [0.1, 0.15) is 12.4 Å². The van der Waals surface area contributed by atoms with Gasteiger partial charge in [-0.1, -0.05) is 46.9 Å². The van der Waals surface area contributed by atoms with E-state index >= 15 is 0 Å². The standard InChI is InChI=1S/C15H12Cl4O/c1-9-2-3-10(13(18)4-9)8-20-15-11(7-16)5-12(17)6-14(15)19/h2-6H,7-8H2,1H3. The molecule has 0 radical (unpaired) electrons. The van der Waals surface area contributed by atoms with E-state index in [4.69, 9.17) is 51.1 Å². The van der Waals surface area contributed by atoms with Gasteiger partial charge in [-0.15, -0.1) is 11.6 Å². The lowest BCUT2D eigenvalue weighted by Crippen LogP contribution is -2.00. The number of benzene rings is 2. The van der Waals surface area contributed by atoms with Crippen LogP contribution in [0.1, 0.15) is 16.7 Å². The Kier molecular flexibility index (Phi) is 5.45. The Hall–Kier alpha value is -0.600. The lowest BCUT2D eigenvalue weighted by atomic mass is 10.1. The van der Waals surface area contributed by atoms with Gasteiger partial charge in [-0.05, 0) is 30.7 Å². The molecule has 0 aliphatic rings. The third kappa shape index (κ3) is 3.73. The maximum absolute atomic E-state index is 6.17. The second-order valence-electron chi connectivity index (χ2n) is 4.39. The number of rotatable bonds is 4. The molecule has 1 nitrogen and oxygen atoms in total. The van der Waals surface area contributed by atoms with E-state index in [0.29, 0.717) is 27.4 Å². The summed E-state index contributed by atoms with van der Waals surface area (Å²) in [6.07, 6.45) is 0. The van der Waals surface area contributed by atoms with Crippen LogP contribution in [-0.4, -0.2) is 0 Å². The van der Waals surface area contributed by atoms with Crippen molar-refractivity contribution in [3.8, 4) is 5.75 Å². The highest BCUT2D eigenvalue weighted by Gasteiger charge is 2.11. The fourth-order valence-electron chi connectivity index (χ4n) is 1.79. The fraction of sp³-hybridized carbons (Fsp3) is 0.200. The summed E-state index contributed by atoms with van der Waals surface area (Å²) in [6, 6.07) is 9.18. The highest BCUT2D eigenvalue weighted by Crippen LogP contribution is 2.34. The fourth-order valence-corrected chi connectivity index (χ4v) is 2.87. The molecule has 5 heteroatoms. The second kappa shape index (κ2) is 6.91. The monoisotopic (exact) mass is 348 g/mol. The Balaban J connectivity index is 2.22. The lowest BCUT2D eigenvalue weighted by Gasteiger charge is -2.13. The smallest absolute Gasteiger partial charge is 0.142 e. The van der Waals surface area contributed by atoms with Crippen molar-refractivity contribution in [2.75, 3.05) is 0 Å². The Bertz CT molecular complexity index is 626. The molecule has 0 unspecified atom stereocenters. The molecular weight excluding hydrogens is 338 g/mol. The van der Waals surface area contributed by atoms with Gasteiger partial charge in [0.25, 0.3) is 0 Å². The van der Waals surface area contributed by atoms with Crippen LogP contribution in [0, 0.1) is 6.92 Å². The van der Waals surface area contributed by atoms with Gasteiger partial charge in [-0.3, -0.25) is 0 Å². The van der Waals surface area contributed by atoms with Crippen molar-refractivity contribution in [3.63, 3.8) is 0 Å². The van der Waals surface area contributed by atoms with Crippen LogP contribution in [0.4, 0.5) is 0 Å². The molecule has 0 amide bonds. The van der Waals surface area contributed by atoms with Gasteiger partial charge in [0.15, 0.2) is 0 Å². The normalized spacial score (nSPS) is 10.7. The molecular formula is C15H12Cl4O. The summed E-state index contributed by atoms with van der Waals surface area (Å²) in [5.41, 5.74) is 2.75. The van der Waals surface area contributed by atoms with Crippen molar-refractivity contribution in [1.82, 2.24) is 0 Å². The van der Waals surface area contributed by atoms with E-state index < -0.39 is 0 Å². The SMILES string of the molecule is Cc1ccc(COc2c(Cl)cc(Cl)cc2CCl)c(Cl)c1. The molecule has 0 saturated carbocycles. The lowest BCUT2D eigenvalue weighted by molar-refractivity contribution is 0.304. The molecule has 0 aliphatic carbocycles. The number of hydrogen-bond donors (Lipinski definition) is 0. The summed E-state index contributed by atoms with van der Waals surface area (Å²) in [7, 11) is 0. The summed E-state index contributed by atoms with van der Waals surface area (Å²) in [5.74, 6) is 0.819. The Labute approximate surface area is 138 Å². The minimum absolute atomic E-state index is 0.275. The topological polar surface area (TPSA) is 9.23 Å². The molecule has 20 heavy (non-hydrogen) atoms. The largest absolute Gasteiger partial charge is 0.487 e. The Morgan fingerprint density at radius 3 is 2.35 bits per heavy atom. The van der Waals surface area contributed by atoms with Gasteiger partial charge in [-0.25, -0.2) is 0 Å². The van der Waals surface area contributed by atoms with E-state index in [1.807, 2.05) is 25.1 Å². The molecule has 0 atom stereocenters. The maximum Gasteiger partial charge on any atom is 0.142 e. The van der Waals surface area contributed by atoms with Crippen LogP contribution in [-0.2, 0) is 12.5 Å². The molecule has 0 bridgehead atoms. The first-order valence-electron chi connectivity index (χ1n) is 5.93. The quantitative estimate of drug-likeness (QED) is 0.590. The summed E-state index contributed by atoms with van der Waals surface area (Å²) >= 11 is 24.1. The van der Waals surface area contributed by atoms with Crippen molar-refractivity contribution < 1.29 is 4.74 Å². The van der Waals surface area contributed by atoms with Crippen LogP contribution in [0.15, 0.2) is 30.3 Å². The third-order valence-corrected chi connectivity index (χ3v) is 3.95. The zero-order chi connectivity index (χ0) is 14.7. The van der Waals surface area contributed by atoms with Crippen molar-refractivity contribution in [2.45, 2.75) is 19.4 Å². The molecule has 106 valence electrons. The van der Waals surface area contributed by atoms with Gasteiger partial charge < -0.3 is 4.74 Å². The van der Waals surface area contributed by atoms with Crippen molar-refractivity contribution in [1.29, 1.82) is 0 Å². The van der Waals surface area contributed by atoms with E-state index in [0.717, 1.165) is 16.7 Å². The molecule has 2 rings (SSSR count). The molecule has 0 N–H and O–H groups in total. The molecule has 0 aromatic heterocycles. The van der Waals surface area contributed by atoms with Gasteiger partial charge in [0.05, 0.1) is 10.9 Å². The number of ether oxygens (including phenoxy) is 1. The molecule has 0 saturated heterocycles. The average molecular weight is 350 g/mol. The summed E-state index contributed by atoms with van der Waals surface area (Å²) in [5, 5.41) is 1.64. The molecule has 2 aromatic carbocycles. The predicted molar refractivity (Wildman–Crippen MR) is 86.5 cm³/mol. The molecule has 0 spiro atoms. The molecule has 2 aromatic rings. The van der Waals surface area contributed by atoms with E-state index in [2.05, 4.69) is 0 Å². The molecule has 0 heterocycles. The molecule has 0 fully saturated rings. The number of aryl methyl sites for hydroxylation is 1. The van der Waals surface area contributed by atoms with Crippen LogP contribution in [0.25, 0.3) is 0 Å². The van der Waals surface area contributed by atoms with Crippen molar-refractivity contribution in [3.05, 3.63) is 62.1 Å². The number of hydrogen-bond acceptors (Lipinski definition) is 1. The van der Waals surface area contributed by atoms with Crippen LogP contribution < -0.4 is 4.74 Å². The minimum Gasteiger partial charge on any atom is -0.487 e. The zero-order valence-electron chi connectivity index (χ0n) is 10.7. The van der Waals surface area contributed by atoms with E-state index in [1.165, 1.54) is 0 Å². The van der Waals surface area contributed by atoms with E-state index in [1.54, 1.807) is 12.1 Å². The summed E-state index contributed by atoms with van der Waals surface area (Å²) < 4.78 is 5.76. The van der Waals surface area contributed by atoms with Gasteiger partial charge in [0.2, 0.25) is 0 Å². The van der Waals surface area contributed by atoms with Crippen LogP contribution in [0.5, 0.6) is 5.75 Å². The van der Waals surface area contributed by atoms with Gasteiger partial charge in [0, 0.05) is 21.2 Å². The summed E-state index contributed by atoms with van der Waals surface area (Å²) in [4.78, 5) is 0. The molecule has 0 aliphatic heterocycles. The second-order valence-corrected chi connectivity index (χ2v) is 5.91. The van der Waals surface area contributed by atoms with Crippen LogP contribution >= 0.6 is 46.4 Å². The van der Waals surface area contributed by atoms with Gasteiger partial charge in [-0.2, -0.15) is 0 Å². The maximum atomic E-state index is 6.17.